The highest BCUT2D eigenvalue weighted by molar-refractivity contribution is 5.06. The summed E-state index contributed by atoms with van der Waals surface area (Å²) in [6.45, 7) is 16.0. The molecular weight excluding hydrogens is 544 g/mol. The molecule has 1 saturated heterocycles. The first kappa shape index (κ1) is 39.4. The van der Waals surface area contributed by atoms with Crippen LogP contribution < -0.4 is 0 Å². The molecule has 0 aromatic carbocycles. The second-order valence-electron chi connectivity index (χ2n) is 13.1. The van der Waals surface area contributed by atoms with Gasteiger partial charge in [0, 0.05) is 0 Å². The van der Waals surface area contributed by atoms with E-state index in [1.54, 1.807) is 6.92 Å². The third-order valence-electron chi connectivity index (χ3n) is 8.12. The fraction of sp³-hybridized carbons (Fsp3) is 0.722. The SMILES string of the molecule is CC(C)=CCCC(C)=CCCC(C)=CCCC(OC1OC(CO)C(O)C(O)C1O)C(C)(O)CCC=C(C)CCC=C(C)C. The van der Waals surface area contributed by atoms with E-state index in [2.05, 4.69) is 78.8 Å². The van der Waals surface area contributed by atoms with Crippen LogP contribution in [-0.2, 0) is 9.47 Å². The third-order valence-corrected chi connectivity index (χ3v) is 8.12. The maximum Gasteiger partial charge on any atom is 0.187 e. The van der Waals surface area contributed by atoms with Crippen LogP contribution in [0.3, 0.4) is 0 Å². The van der Waals surface area contributed by atoms with Crippen LogP contribution in [0.2, 0.25) is 0 Å². The molecule has 248 valence electrons. The van der Waals surface area contributed by atoms with Gasteiger partial charge in [-0.3, -0.25) is 0 Å². The van der Waals surface area contributed by atoms with E-state index in [1.165, 1.54) is 27.9 Å². The quantitative estimate of drug-likeness (QED) is 0.105. The van der Waals surface area contributed by atoms with Gasteiger partial charge in [0.1, 0.15) is 24.4 Å². The molecule has 0 bridgehead atoms. The minimum absolute atomic E-state index is 0.439. The summed E-state index contributed by atoms with van der Waals surface area (Å²) in [5, 5.41) is 52.2. The van der Waals surface area contributed by atoms with E-state index in [9.17, 15) is 25.5 Å². The zero-order valence-corrected chi connectivity index (χ0v) is 28.2. The molecule has 0 saturated carbocycles. The highest BCUT2D eigenvalue weighted by Gasteiger charge is 2.46. The first-order valence-corrected chi connectivity index (χ1v) is 16.1. The van der Waals surface area contributed by atoms with Gasteiger partial charge in [0.25, 0.3) is 0 Å². The molecule has 0 spiro atoms. The van der Waals surface area contributed by atoms with Crippen LogP contribution >= 0.6 is 0 Å². The first-order valence-electron chi connectivity index (χ1n) is 16.1. The summed E-state index contributed by atoms with van der Waals surface area (Å²) in [6.07, 6.45) is 11.8. The Morgan fingerprint density at radius 2 is 1.16 bits per heavy atom. The molecule has 7 atom stereocenters. The number of aliphatic hydroxyl groups is 5. The maximum atomic E-state index is 11.6. The molecule has 7 heteroatoms. The van der Waals surface area contributed by atoms with Gasteiger partial charge in [0.05, 0.1) is 18.3 Å². The van der Waals surface area contributed by atoms with E-state index >= 15 is 0 Å². The van der Waals surface area contributed by atoms with Crippen LogP contribution in [0.25, 0.3) is 0 Å². The summed E-state index contributed by atoms with van der Waals surface area (Å²) in [5.41, 5.74) is 5.32. The van der Waals surface area contributed by atoms with Gasteiger partial charge in [-0.1, -0.05) is 58.2 Å². The van der Waals surface area contributed by atoms with Crippen molar-refractivity contribution in [1.29, 1.82) is 0 Å². The van der Waals surface area contributed by atoms with Gasteiger partial charge in [-0.25, -0.2) is 0 Å². The van der Waals surface area contributed by atoms with E-state index < -0.39 is 49.0 Å². The van der Waals surface area contributed by atoms with Crippen molar-refractivity contribution in [2.24, 2.45) is 0 Å². The number of rotatable bonds is 19. The van der Waals surface area contributed by atoms with E-state index in [1.807, 2.05) is 0 Å². The van der Waals surface area contributed by atoms with Gasteiger partial charge in [0.2, 0.25) is 0 Å². The molecule has 0 aromatic heterocycles. The second-order valence-corrected chi connectivity index (χ2v) is 13.1. The lowest BCUT2D eigenvalue weighted by atomic mass is 9.89. The summed E-state index contributed by atoms with van der Waals surface area (Å²) < 4.78 is 11.8. The van der Waals surface area contributed by atoms with Crippen molar-refractivity contribution in [3.05, 3.63) is 58.2 Å². The van der Waals surface area contributed by atoms with Gasteiger partial charge in [0.15, 0.2) is 6.29 Å². The zero-order valence-electron chi connectivity index (χ0n) is 28.2. The summed E-state index contributed by atoms with van der Waals surface area (Å²) >= 11 is 0. The van der Waals surface area contributed by atoms with Crippen molar-refractivity contribution in [1.82, 2.24) is 0 Å². The Bertz CT molecular complexity index is 949. The van der Waals surface area contributed by atoms with Gasteiger partial charge >= 0.3 is 0 Å². The van der Waals surface area contributed by atoms with Crippen LogP contribution in [0, 0.1) is 0 Å². The highest BCUT2D eigenvalue weighted by Crippen LogP contribution is 2.30. The maximum absolute atomic E-state index is 11.6. The molecule has 7 nitrogen and oxygen atoms in total. The molecule has 1 rings (SSSR count). The lowest BCUT2D eigenvalue weighted by Gasteiger charge is -2.43. The van der Waals surface area contributed by atoms with Crippen molar-refractivity contribution in [2.45, 2.75) is 162 Å². The molecule has 1 heterocycles. The Balaban J connectivity index is 2.91. The summed E-state index contributed by atoms with van der Waals surface area (Å²) in [6, 6.07) is 0. The Labute approximate surface area is 261 Å². The summed E-state index contributed by atoms with van der Waals surface area (Å²) in [5.74, 6) is 0. The van der Waals surface area contributed by atoms with Crippen molar-refractivity contribution in [3.63, 3.8) is 0 Å². The van der Waals surface area contributed by atoms with E-state index in [0.717, 1.165) is 38.5 Å². The van der Waals surface area contributed by atoms with Gasteiger partial charge in [-0.15, -0.1) is 0 Å². The van der Waals surface area contributed by atoms with Crippen LogP contribution in [0.4, 0.5) is 0 Å². The lowest BCUT2D eigenvalue weighted by molar-refractivity contribution is -0.323. The second kappa shape index (κ2) is 20.5. The Morgan fingerprint density at radius 1 is 0.698 bits per heavy atom. The van der Waals surface area contributed by atoms with Crippen LogP contribution in [0.5, 0.6) is 0 Å². The number of allylic oxidation sites excluding steroid dienone is 10. The van der Waals surface area contributed by atoms with Gasteiger partial charge in [-0.2, -0.15) is 0 Å². The van der Waals surface area contributed by atoms with E-state index in [-0.39, 0.29) is 0 Å². The number of ether oxygens (including phenoxy) is 2. The summed E-state index contributed by atoms with van der Waals surface area (Å²) in [4.78, 5) is 0. The fourth-order valence-corrected chi connectivity index (χ4v) is 5.15. The molecule has 1 fully saturated rings. The lowest BCUT2D eigenvalue weighted by Crippen LogP contribution is -2.60. The zero-order chi connectivity index (χ0) is 32.6. The standard InChI is InChI=1S/C36H62O7/c1-25(2)14-9-16-27(5)18-11-19-28(6)20-12-22-31(43-35-34(40)33(39)32(38)30(24-37)42-35)36(8,41)23-13-21-29(7)17-10-15-26(3)4/h14-15,18,20-21,30-35,37-41H,9-13,16-17,19,22-24H2,1-8H3. The predicted molar refractivity (Wildman–Crippen MR) is 176 cm³/mol. The molecular formula is C36H62O7. The topological polar surface area (TPSA) is 120 Å². The number of aliphatic hydroxyl groups excluding tert-OH is 4. The molecule has 0 amide bonds. The average molecular weight is 607 g/mol. The molecule has 0 aliphatic carbocycles. The van der Waals surface area contributed by atoms with Crippen molar-refractivity contribution >= 4 is 0 Å². The third kappa shape index (κ3) is 15.8. The average Bonchev–Trinajstić information content (AvgIpc) is 2.91. The Hall–Kier alpha value is -1.58. The summed E-state index contributed by atoms with van der Waals surface area (Å²) in [7, 11) is 0. The molecule has 1 aliphatic heterocycles. The number of hydrogen-bond acceptors (Lipinski definition) is 7. The molecule has 5 N–H and O–H groups in total. The molecule has 1 aliphatic rings. The molecule has 43 heavy (non-hydrogen) atoms. The monoisotopic (exact) mass is 606 g/mol. The van der Waals surface area contributed by atoms with Crippen molar-refractivity contribution in [3.8, 4) is 0 Å². The van der Waals surface area contributed by atoms with Crippen molar-refractivity contribution in [2.75, 3.05) is 6.61 Å². The van der Waals surface area contributed by atoms with Gasteiger partial charge in [-0.05, 0) is 120 Å². The molecule has 0 radical (unpaired) electrons. The van der Waals surface area contributed by atoms with Crippen LogP contribution in [0.15, 0.2) is 58.2 Å². The number of hydrogen-bond donors (Lipinski definition) is 5. The fourth-order valence-electron chi connectivity index (χ4n) is 5.15. The van der Waals surface area contributed by atoms with E-state index in [0.29, 0.717) is 25.7 Å². The minimum atomic E-state index is -1.53. The predicted octanol–water partition coefficient (Wildman–Crippen LogP) is 6.59. The van der Waals surface area contributed by atoms with Crippen LogP contribution in [0.1, 0.15) is 120 Å². The normalized spacial score (nSPS) is 25.7. The van der Waals surface area contributed by atoms with E-state index in [4.69, 9.17) is 9.47 Å². The van der Waals surface area contributed by atoms with Crippen molar-refractivity contribution < 1.29 is 35.0 Å². The minimum Gasteiger partial charge on any atom is -0.394 e. The smallest absolute Gasteiger partial charge is 0.187 e. The Kier molecular flexibility index (Phi) is 18.8. The van der Waals surface area contributed by atoms with Crippen LogP contribution in [-0.4, -0.2) is 74.6 Å². The first-order chi connectivity index (χ1) is 20.2. The largest absolute Gasteiger partial charge is 0.394 e. The molecule has 0 aromatic rings. The molecule has 7 unspecified atom stereocenters. The highest BCUT2D eigenvalue weighted by atomic mass is 16.7. The van der Waals surface area contributed by atoms with Gasteiger partial charge < -0.3 is 35.0 Å². The Morgan fingerprint density at radius 3 is 1.65 bits per heavy atom.